The van der Waals surface area contributed by atoms with E-state index in [9.17, 15) is 15.2 Å². The summed E-state index contributed by atoms with van der Waals surface area (Å²) in [5.41, 5.74) is 1.91. The molecule has 10 heteroatoms. The fraction of sp³-hybridized carbons (Fsp3) is 0.280. The maximum atomic E-state index is 13.4. The Kier molecular flexibility index (Phi) is 6.51. The average molecular weight is 491 g/mol. The lowest BCUT2D eigenvalue weighted by molar-refractivity contribution is 0.169. The van der Waals surface area contributed by atoms with E-state index >= 15 is 0 Å². The number of anilines is 1. The van der Waals surface area contributed by atoms with Crippen LogP contribution in [-0.2, 0) is 11.3 Å². The number of aliphatic hydroxyl groups is 1. The molecule has 3 aromatic heterocycles. The van der Waals surface area contributed by atoms with Gasteiger partial charge in [0.25, 0.3) is 5.56 Å². The van der Waals surface area contributed by atoms with Gasteiger partial charge >= 0.3 is 0 Å². The molecule has 35 heavy (non-hydrogen) atoms. The summed E-state index contributed by atoms with van der Waals surface area (Å²) >= 11 is 6.29. The van der Waals surface area contributed by atoms with E-state index in [1.54, 1.807) is 23.0 Å². The summed E-state index contributed by atoms with van der Waals surface area (Å²) in [6.07, 6.45) is 5.42. The lowest BCUT2D eigenvalue weighted by Crippen LogP contribution is -2.33. The van der Waals surface area contributed by atoms with Crippen molar-refractivity contribution in [1.29, 1.82) is 5.26 Å². The quantitative estimate of drug-likeness (QED) is 0.409. The minimum absolute atomic E-state index is 0.0818. The van der Waals surface area contributed by atoms with Gasteiger partial charge in [0, 0.05) is 36.0 Å². The zero-order valence-corrected chi connectivity index (χ0v) is 19.5. The van der Waals surface area contributed by atoms with Crippen LogP contribution in [0.3, 0.4) is 0 Å². The van der Waals surface area contributed by atoms with Crippen LogP contribution < -0.4 is 10.9 Å². The van der Waals surface area contributed by atoms with Gasteiger partial charge in [-0.25, -0.2) is 4.98 Å². The SMILES string of the molecule is N#Cc1cnc(NC(CO)C2CCOC2)cc1-n1ccc2c(cnn2Cc2ccccc2Cl)c1=O. The first kappa shape index (κ1) is 23.1. The minimum atomic E-state index is -0.301. The summed E-state index contributed by atoms with van der Waals surface area (Å²) in [6, 6.07) is 12.8. The molecule has 0 spiro atoms. The molecule has 178 valence electrons. The summed E-state index contributed by atoms with van der Waals surface area (Å²) in [5.74, 6) is 0.621. The summed E-state index contributed by atoms with van der Waals surface area (Å²) in [6.45, 7) is 1.57. The summed E-state index contributed by atoms with van der Waals surface area (Å²) in [7, 11) is 0. The molecule has 0 amide bonds. The Hall–Kier alpha value is -3.71. The number of benzene rings is 1. The Morgan fingerprint density at radius 1 is 1.31 bits per heavy atom. The van der Waals surface area contributed by atoms with Gasteiger partial charge < -0.3 is 15.2 Å². The smallest absolute Gasteiger partial charge is 0.266 e. The van der Waals surface area contributed by atoms with Crippen LogP contribution in [0.4, 0.5) is 5.82 Å². The average Bonchev–Trinajstić information content (AvgIpc) is 3.55. The van der Waals surface area contributed by atoms with Crippen LogP contribution >= 0.6 is 11.6 Å². The van der Waals surface area contributed by atoms with E-state index in [2.05, 4.69) is 21.5 Å². The third-order valence-electron chi connectivity index (χ3n) is 6.31. The van der Waals surface area contributed by atoms with Crippen LogP contribution in [0.1, 0.15) is 17.5 Å². The lowest BCUT2D eigenvalue weighted by Gasteiger charge is -2.22. The molecule has 2 unspecified atom stereocenters. The molecule has 1 fully saturated rings. The molecule has 1 aromatic carbocycles. The predicted octanol–water partition coefficient (Wildman–Crippen LogP) is 2.96. The van der Waals surface area contributed by atoms with E-state index in [-0.39, 0.29) is 29.7 Å². The highest BCUT2D eigenvalue weighted by molar-refractivity contribution is 6.31. The molecule has 2 N–H and O–H groups in total. The standard InChI is InChI=1S/C25H23ClN6O3/c26-20-4-2-1-3-16(20)13-32-22-5-7-31(25(34)19(22)12-29-32)23-9-24(28-11-18(23)10-27)30-21(14-33)17-6-8-35-15-17/h1-5,7,9,11-12,17,21,33H,6,8,13-15H2,(H,28,30). The van der Waals surface area contributed by atoms with Crippen LogP contribution in [0.5, 0.6) is 0 Å². The van der Waals surface area contributed by atoms with E-state index in [1.807, 2.05) is 24.3 Å². The van der Waals surface area contributed by atoms with E-state index in [1.165, 1.54) is 17.0 Å². The molecule has 1 aliphatic rings. The summed E-state index contributed by atoms with van der Waals surface area (Å²) < 4.78 is 8.58. The highest BCUT2D eigenvalue weighted by atomic mass is 35.5. The summed E-state index contributed by atoms with van der Waals surface area (Å²) in [5, 5.41) is 28.2. The number of nitrogens with one attached hydrogen (secondary N) is 1. The Labute approximate surface area is 206 Å². The van der Waals surface area contributed by atoms with Gasteiger partial charge in [-0.2, -0.15) is 10.4 Å². The second-order valence-corrected chi connectivity index (χ2v) is 8.85. The van der Waals surface area contributed by atoms with E-state index < -0.39 is 0 Å². The molecule has 0 saturated carbocycles. The van der Waals surface area contributed by atoms with E-state index in [4.69, 9.17) is 16.3 Å². The monoisotopic (exact) mass is 490 g/mol. The number of nitrogens with zero attached hydrogens (tertiary/aromatic N) is 5. The molecule has 4 heterocycles. The molecule has 5 rings (SSSR count). The number of hydrogen-bond donors (Lipinski definition) is 2. The van der Waals surface area contributed by atoms with Crippen molar-refractivity contribution in [2.24, 2.45) is 5.92 Å². The molecular weight excluding hydrogens is 468 g/mol. The van der Waals surface area contributed by atoms with Gasteiger partial charge in [0.1, 0.15) is 11.9 Å². The fourth-order valence-corrected chi connectivity index (χ4v) is 4.56. The van der Waals surface area contributed by atoms with Crippen molar-refractivity contribution in [3.8, 4) is 11.8 Å². The van der Waals surface area contributed by atoms with Crippen molar-refractivity contribution in [2.75, 3.05) is 25.1 Å². The number of hydrogen-bond acceptors (Lipinski definition) is 7. The number of rotatable bonds is 7. The largest absolute Gasteiger partial charge is 0.394 e. The molecule has 1 saturated heterocycles. The molecule has 9 nitrogen and oxygen atoms in total. The molecule has 2 atom stereocenters. The molecule has 0 bridgehead atoms. The number of pyridine rings is 2. The zero-order chi connectivity index (χ0) is 24.4. The second kappa shape index (κ2) is 9.88. The number of nitriles is 1. The Morgan fingerprint density at radius 3 is 2.91 bits per heavy atom. The van der Waals surface area contributed by atoms with Crippen molar-refractivity contribution in [3.63, 3.8) is 0 Å². The number of halogens is 1. The molecule has 1 aliphatic heterocycles. The normalized spacial score (nSPS) is 16.3. The van der Waals surface area contributed by atoms with Crippen LogP contribution in [0.25, 0.3) is 16.6 Å². The van der Waals surface area contributed by atoms with Gasteiger partial charge in [-0.05, 0) is 24.1 Å². The number of aromatic nitrogens is 4. The number of fused-ring (bicyclic) bond motifs is 1. The Bertz CT molecular complexity index is 1470. The second-order valence-electron chi connectivity index (χ2n) is 8.44. The van der Waals surface area contributed by atoms with Crippen molar-refractivity contribution < 1.29 is 9.84 Å². The van der Waals surface area contributed by atoms with Gasteiger partial charge in [-0.1, -0.05) is 29.8 Å². The van der Waals surface area contributed by atoms with Crippen molar-refractivity contribution in [3.05, 3.63) is 81.5 Å². The molecule has 0 aliphatic carbocycles. The van der Waals surface area contributed by atoms with Gasteiger partial charge in [-0.15, -0.1) is 0 Å². The highest BCUT2D eigenvalue weighted by Crippen LogP contribution is 2.23. The molecule has 4 aromatic rings. The molecule has 0 radical (unpaired) electrons. The van der Waals surface area contributed by atoms with Crippen LogP contribution in [0.2, 0.25) is 5.02 Å². The van der Waals surface area contributed by atoms with Crippen LogP contribution in [0, 0.1) is 17.2 Å². The van der Waals surface area contributed by atoms with Crippen molar-refractivity contribution in [1.82, 2.24) is 19.3 Å². The van der Waals surface area contributed by atoms with Gasteiger partial charge in [-0.3, -0.25) is 14.0 Å². The van der Waals surface area contributed by atoms with Crippen molar-refractivity contribution in [2.45, 2.75) is 19.0 Å². The third-order valence-corrected chi connectivity index (χ3v) is 6.68. The topological polar surface area (TPSA) is 118 Å². The number of aliphatic hydroxyl groups excluding tert-OH is 1. The van der Waals surface area contributed by atoms with Crippen LogP contribution in [0.15, 0.2) is 59.8 Å². The van der Waals surface area contributed by atoms with Gasteiger partial charge in [0.05, 0.1) is 54.2 Å². The van der Waals surface area contributed by atoms with E-state index in [0.29, 0.717) is 47.2 Å². The van der Waals surface area contributed by atoms with Crippen molar-refractivity contribution >= 4 is 28.3 Å². The zero-order valence-electron chi connectivity index (χ0n) is 18.8. The first-order chi connectivity index (χ1) is 17.1. The first-order valence-corrected chi connectivity index (χ1v) is 11.6. The predicted molar refractivity (Wildman–Crippen MR) is 132 cm³/mol. The first-order valence-electron chi connectivity index (χ1n) is 11.2. The number of ether oxygens (including phenoxy) is 1. The Balaban J connectivity index is 1.50. The van der Waals surface area contributed by atoms with Gasteiger partial charge in [0.15, 0.2) is 0 Å². The van der Waals surface area contributed by atoms with E-state index in [0.717, 1.165) is 12.0 Å². The Morgan fingerprint density at radius 2 is 2.17 bits per heavy atom. The van der Waals surface area contributed by atoms with Gasteiger partial charge in [0.2, 0.25) is 0 Å². The third kappa shape index (κ3) is 4.51. The highest BCUT2D eigenvalue weighted by Gasteiger charge is 2.26. The van der Waals surface area contributed by atoms with Crippen LogP contribution in [-0.4, -0.2) is 50.3 Å². The fourth-order valence-electron chi connectivity index (χ4n) is 4.36. The minimum Gasteiger partial charge on any atom is -0.394 e. The molecular formula is C25H23ClN6O3. The maximum Gasteiger partial charge on any atom is 0.266 e. The summed E-state index contributed by atoms with van der Waals surface area (Å²) in [4.78, 5) is 17.7. The lowest BCUT2D eigenvalue weighted by atomic mass is 10.00. The maximum absolute atomic E-state index is 13.4.